The van der Waals surface area contributed by atoms with Crippen molar-refractivity contribution in [2.24, 2.45) is 0 Å². The number of aliphatic hydroxyl groups is 1. The predicted octanol–water partition coefficient (Wildman–Crippen LogP) is 5.42. The average molecular weight is 440 g/mol. The number of methoxy groups -OCH3 is 1. The first kappa shape index (κ1) is 21.6. The van der Waals surface area contributed by atoms with Crippen molar-refractivity contribution in [2.75, 3.05) is 7.11 Å². The first-order valence-corrected chi connectivity index (χ1v) is 11.6. The molecule has 1 saturated carbocycles. The van der Waals surface area contributed by atoms with Gasteiger partial charge in [0.05, 0.1) is 18.7 Å². The minimum atomic E-state index is -0.601. The summed E-state index contributed by atoms with van der Waals surface area (Å²) in [6, 6.07) is 8.77. The highest BCUT2D eigenvalue weighted by atomic mass is 32.1. The first-order valence-electron chi connectivity index (χ1n) is 10.8. The van der Waals surface area contributed by atoms with Gasteiger partial charge in [0, 0.05) is 22.0 Å². The highest BCUT2D eigenvalue weighted by molar-refractivity contribution is 7.10. The zero-order chi connectivity index (χ0) is 22.3. The number of Topliss-reactive ketones (excluding diaryl/α,β-unsaturated/α-hetero) is 1. The van der Waals surface area contributed by atoms with E-state index in [1.807, 2.05) is 29.6 Å². The Hall–Kier alpha value is -2.60. The van der Waals surface area contributed by atoms with E-state index in [4.69, 9.17) is 4.74 Å². The Morgan fingerprint density at radius 2 is 1.87 bits per heavy atom. The molecule has 2 heterocycles. The molecule has 1 aromatic carbocycles. The van der Waals surface area contributed by atoms with E-state index >= 15 is 0 Å². The van der Waals surface area contributed by atoms with Crippen LogP contribution in [0.4, 0.5) is 0 Å². The molecule has 1 unspecified atom stereocenters. The number of ketones is 1. The van der Waals surface area contributed by atoms with Gasteiger partial charge in [0.2, 0.25) is 0 Å². The molecule has 0 radical (unpaired) electrons. The summed E-state index contributed by atoms with van der Waals surface area (Å²) in [6.45, 7) is 6.21. The van der Waals surface area contributed by atoms with E-state index in [-0.39, 0.29) is 22.8 Å². The molecule has 0 bridgehead atoms. The molecule has 164 valence electrons. The molecule has 1 saturated heterocycles. The lowest BCUT2D eigenvalue weighted by Crippen LogP contribution is -2.37. The number of carbonyl (C=O) groups is 2. The van der Waals surface area contributed by atoms with Gasteiger partial charge in [-0.2, -0.15) is 0 Å². The van der Waals surface area contributed by atoms with E-state index in [2.05, 4.69) is 20.8 Å². The maximum absolute atomic E-state index is 13.2. The number of rotatable bonds is 4. The summed E-state index contributed by atoms with van der Waals surface area (Å²) in [5.74, 6) is -0.497. The second-order valence-electron chi connectivity index (χ2n) is 9.33. The maximum Gasteiger partial charge on any atom is 0.295 e. The highest BCUT2D eigenvalue weighted by Gasteiger charge is 2.49. The predicted molar refractivity (Wildman–Crippen MR) is 122 cm³/mol. The quantitative estimate of drug-likeness (QED) is 0.392. The number of ether oxygens (including phenoxy) is 1. The molecule has 2 aliphatic rings. The summed E-state index contributed by atoms with van der Waals surface area (Å²) in [7, 11) is 1.62. The van der Waals surface area contributed by atoms with Gasteiger partial charge >= 0.3 is 0 Å². The molecule has 1 amide bonds. The Balaban J connectivity index is 1.87. The SMILES string of the molecule is COc1ccc(/C(O)=C2/C(=O)C(=O)N(C3CCCC3)C2c2cccs2)cc1C(C)(C)C. The van der Waals surface area contributed by atoms with E-state index in [9.17, 15) is 14.7 Å². The van der Waals surface area contributed by atoms with Crippen molar-refractivity contribution in [3.05, 3.63) is 57.3 Å². The van der Waals surface area contributed by atoms with Gasteiger partial charge in [-0.05, 0) is 47.9 Å². The molecule has 0 spiro atoms. The summed E-state index contributed by atoms with van der Waals surface area (Å²) >= 11 is 1.51. The fourth-order valence-electron chi connectivity index (χ4n) is 4.73. The van der Waals surface area contributed by atoms with Crippen LogP contribution < -0.4 is 4.74 Å². The Morgan fingerprint density at radius 1 is 1.16 bits per heavy atom. The lowest BCUT2D eigenvalue weighted by molar-refractivity contribution is -0.141. The smallest absolute Gasteiger partial charge is 0.295 e. The summed E-state index contributed by atoms with van der Waals surface area (Å²) in [5.41, 5.74) is 1.42. The van der Waals surface area contributed by atoms with Crippen molar-refractivity contribution in [3.8, 4) is 5.75 Å². The third kappa shape index (κ3) is 3.78. The number of thiophene rings is 1. The zero-order valence-corrected chi connectivity index (χ0v) is 19.3. The molecule has 1 aliphatic carbocycles. The van der Waals surface area contributed by atoms with Crippen LogP contribution in [0, 0.1) is 0 Å². The number of hydrogen-bond donors (Lipinski definition) is 1. The lowest BCUT2D eigenvalue weighted by atomic mass is 9.84. The third-order valence-electron chi connectivity index (χ3n) is 6.29. The molecule has 1 aromatic heterocycles. The number of nitrogens with zero attached hydrogens (tertiary/aromatic N) is 1. The number of aliphatic hydroxyl groups excluding tert-OH is 1. The molecule has 5 nitrogen and oxygen atoms in total. The fourth-order valence-corrected chi connectivity index (χ4v) is 5.56. The molecular formula is C25H29NO4S. The van der Waals surface area contributed by atoms with Crippen molar-refractivity contribution in [1.29, 1.82) is 0 Å². The van der Waals surface area contributed by atoms with E-state index in [1.54, 1.807) is 18.1 Å². The minimum absolute atomic E-state index is 0.0369. The second kappa shape index (κ2) is 8.15. The van der Waals surface area contributed by atoms with Crippen molar-refractivity contribution >= 4 is 28.8 Å². The fraction of sp³-hybridized carbons (Fsp3) is 0.440. The number of hydrogen-bond acceptors (Lipinski definition) is 5. The summed E-state index contributed by atoms with van der Waals surface area (Å²) in [5, 5.41) is 13.3. The summed E-state index contributed by atoms with van der Waals surface area (Å²) in [6.07, 6.45) is 3.90. The van der Waals surface area contributed by atoms with Crippen LogP contribution in [0.25, 0.3) is 5.76 Å². The Bertz CT molecular complexity index is 1030. The van der Waals surface area contributed by atoms with Crippen LogP contribution in [0.1, 0.15) is 68.5 Å². The number of amides is 1. The monoisotopic (exact) mass is 439 g/mol. The van der Waals surface area contributed by atoms with Crippen molar-refractivity contribution < 1.29 is 19.4 Å². The van der Waals surface area contributed by atoms with E-state index in [0.717, 1.165) is 41.9 Å². The third-order valence-corrected chi connectivity index (χ3v) is 7.22. The molecular weight excluding hydrogens is 410 g/mol. The van der Waals surface area contributed by atoms with E-state index in [1.165, 1.54) is 11.3 Å². The van der Waals surface area contributed by atoms with Gasteiger partial charge in [-0.1, -0.05) is 39.7 Å². The van der Waals surface area contributed by atoms with Gasteiger partial charge in [0.1, 0.15) is 11.5 Å². The largest absolute Gasteiger partial charge is 0.507 e. The molecule has 1 N–H and O–H groups in total. The molecule has 2 fully saturated rings. The van der Waals surface area contributed by atoms with Crippen LogP contribution in [0.2, 0.25) is 0 Å². The Morgan fingerprint density at radius 3 is 2.45 bits per heavy atom. The average Bonchev–Trinajstić information content (AvgIpc) is 3.48. The summed E-state index contributed by atoms with van der Waals surface area (Å²) in [4.78, 5) is 28.9. The second-order valence-corrected chi connectivity index (χ2v) is 10.3. The van der Waals surface area contributed by atoms with Crippen LogP contribution in [0.15, 0.2) is 41.3 Å². The number of benzene rings is 1. The van der Waals surface area contributed by atoms with Gasteiger partial charge in [-0.25, -0.2) is 0 Å². The van der Waals surface area contributed by atoms with Crippen LogP contribution in [-0.4, -0.2) is 34.8 Å². The van der Waals surface area contributed by atoms with Crippen LogP contribution in [0.5, 0.6) is 5.75 Å². The minimum Gasteiger partial charge on any atom is -0.507 e. The maximum atomic E-state index is 13.2. The van der Waals surface area contributed by atoms with Crippen molar-refractivity contribution in [2.45, 2.75) is 64.0 Å². The lowest BCUT2D eigenvalue weighted by Gasteiger charge is -2.30. The zero-order valence-electron chi connectivity index (χ0n) is 18.5. The standard InChI is InChI=1S/C25H29NO4S/c1-25(2,3)17-14-15(11-12-18(17)30-4)22(27)20-21(19-10-7-13-31-19)26(24(29)23(20)28)16-8-5-6-9-16/h7,10-14,16,21,27H,5-6,8-9H2,1-4H3/b22-20-. The molecule has 4 rings (SSSR count). The molecule has 1 aliphatic heterocycles. The molecule has 2 aromatic rings. The normalized spacial score (nSPS) is 21.8. The molecule has 31 heavy (non-hydrogen) atoms. The molecule has 6 heteroatoms. The van der Waals surface area contributed by atoms with Crippen LogP contribution in [-0.2, 0) is 15.0 Å². The molecule has 1 atom stereocenters. The van der Waals surface area contributed by atoms with E-state index in [0.29, 0.717) is 5.56 Å². The van der Waals surface area contributed by atoms with Gasteiger partial charge in [0.15, 0.2) is 0 Å². The van der Waals surface area contributed by atoms with Gasteiger partial charge < -0.3 is 14.7 Å². The number of carbonyl (C=O) groups excluding carboxylic acids is 2. The Labute approximate surface area is 187 Å². The van der Waals surface area contributed by atoms with Crippen molar-refractivity contribution in [1.82, 2.24) is 4.90 Å². The van der Waals surface area contributed by atoms with Crippen molar-refractivity contribution in [3.63, 3.8) is 0 Å². The van der Waals surface area contributed by atoms with Crippen LogP contribution in [0.3, 0.4) is 0 Å². The summed E-state index contributed by atoms with van der Waals surface area (Å²) < 4.78 is 5.51. The Kier molecular flexibility index (Phi) is 5.69. The van der Waals surface area contributed by atoms with Gasteiger partial charge in [0.25, 0.3) is 11.7 Å². The van der Waals surface area contributed by atoms with E-state index < -0.39 is 17.7 Å². The van der Waals surface area contributed by atoms with Gasteiger partial charge in [-0.3, -0.25) is 9.59 Å². The first-order chi connectivity index (χ1) is 14.7. The highest BCUT2D eigenvalue weighted by Crippen LogP contribution is 2.45. The number of likely N-dealkylation sites (tertiary alicyclic amines) is 1. The topological polar surface area (TPSA) is 66.8 Å². The van der Waals surface area contributed by atoms with Gasteiger partial charge in [-0.15, -0.1) is 11.3 Å². The van der Waals surface area contributed by atoms with Crippen LogP contribution >= 0.6 is 11.3 Å².